The molecule has 0 N–H and O–H groups in total. The molecule has 0 fully saturated rings. The Morgan fingerprint density at radius 3 is 1.87 bits per heavy atom. The SMILES string of the molecule is Cc1ncccc1-c1ccccc1-c1ccccc1S(C)(=O)=O. The Morgan fingerprint density at radius 2 is 1.26 bits per heavy atom. The zero-order valence-electron chi connectivity index (χ0n) is 13.0. The molecule has 0 saturated heterocycles. The average molecular weight is 323 g/mol. The number of pyridine rings is 1. The molecular formula is C19H17NO2S. The van der Waals surface area contributed by atoms with Crippen LogP contribution in [0.2, 0.25) is 0 Å². The zero-order chi connectivity index (χ0) is 16.4. The van der Waals surface area contributed by atoms with E-state index in [1.54, 1.807) is 18.3 Å². The van der Waals surface area contributed by atoms with E-state index in [4.69, 9.17) is 0 Å². The van der Waals surface area contributed by atoms with Crippen LogP contribution in [0.4, 0.5) is 0 Å². The largest absolute Gasteiger partial charge is 0.261 e. The van der Waals surface area contributed by atoms with Crippen LogP contribution in [0.3, 0.4) is 0 Å². The van der Waals surface area contributed by atoms with Gasteiger partial charge in [0.15, 0.2) is 9.84 Å². The third-order valence-electron chi connectivity index (χ3n) is 3.80. The molecule has 0 spiro atoms. The molecule has 0 bridgehead atoms. The molecule has 0 saturated carbocycles. The lowest BCUT2D eigenvalue weighted by Gasteiger charge is -2.14. The van der Waals surface area contributed by atoms with Crippen molar-refractivity contribution in [3.63, 3.8) is 0 Å². The fourth-order valence-corrected chi connectivity index (χ4v) is 3.64. The van der Waals surface area contributed by atoms with Crippen molar-refractivity contribution in [2.75, 3.05) is 6.26 Å². The van der Waals surface area contributed by atoms with Gasteiger partial charge in [-0.25, -0.2) is 8.42 Å². The summed E-state index contributed by atoms with van der Waals surface area (Å²) in [6.45, 7) is 1.95. The number of aromatic nitrogens is 1. The van der Waals surface area contributed by atoms with Crippen LogP contribution < -0.4 is 0 Å². The van der Waals surface area contributed by atoms with E-state index in [1.165, 1.54) is 6.26 Å². The van der Waals surface area contributed by atoms with Gasteiger partial charge < -0.3 is 0 Å². The van der Waals surface area contributed by atoms with Crippen LogP contribution in [0, 0.1) is 6.92 Å². The molecule has 116 valence electrons. The molecule has 3 nitrogen and oxygen atoms in total. The van der Waals surface area contributed by atoms with Crippen LogP contribution in [0.15, 0.2) is 71.8 Å². The topological polar surface area (TPSA) is 47.0 Å². The van der Waals surface area contributed by atoms with E-state index >= 15 is 0 Å². The minimum Gasteiger partial charge on any atom is -0.261 e. The van der Waals surface area contributed by atoms with Crippen molar-refractivity contribution < 1.29 is 8.42 Å². The second-order valence-corrected chi connectivity index (χ2v) is 7.43. The smallest absolute Gasteiger partial charge is 0.176 e. The van der Waals surface area contributed by atoms with Gasteiger partial charge in [-0.2, -0.15) is 0 Å². The Labute approximate surface area is 136 Å². The highest BCUT2D eigenvalue weighted by molar-refractivity contribution is 7.90. The normalized spacial score (nSPS) is 11.4. The summed E-state index contributed by atoms with van der Waals surface area (Å²) >= 11 is 0. The maximum Gasteiger partial charge on any atom is 0.176 e. The molecule has 23 heavy (non-hydrogen) atoms. The van der Waals surface area contributed by atoms with E-state index in [0.717, 1.165) is 22.4 Å². The predicted molar refractivity (Wildman–Crippen MR) is 93.0 cm³/mol. The lowest BCUT2D eigenvalue weighted by Crippen LogP contribution is -2.00. The van der Waals surface area contributed by atoms with Crippen molar-refractivity contribution in [1.29, 1.82) is 0 Å². The van der Waals surface area contributed by atoms with Gasteiger partial charge in [0, 0.05) is 29.3 Å². The van der Waals surface area contributed by atoms with Gasteiger partial charge >= 0.3 is 0 Å². The quantitative estimate of drug-likeness (QED) is 0.728. The number of hydrogen-bond acceptors (Lipinski definition) is 3. The second kappa shape index (κ2) is 5.97. The fraction of sp³-hybridized carbons (Fsp3) is 0.105. The standard InChI is InChI=1S/C19H17NO2S/c1-14-15(11-7-13-20-14)16-8-3-4-9-17(16)18-10-5-6-12-19(18)23(2,21)22/h3-13H,1-2H3. The first-order valence-electron chi connectivity index (χ1n) is 7.29. The molecular weight excluding hydrogens is 306 g/mol. The number of sulfone groups is 1. The molecule has 1 aromatic heterocycles. The molecule has 0 atom stereocenters. The lowest BCUT2D eigenvalue weighted by atomic mass is 9.94. The number of benzene rings is 2. The summed E-state index contributed by atoms with van der Waals surface area (Å²) in [5.74, 6) is 0. The maximum atomic E-state index is 12.1. The molecule has 2 aromatic carbocycles. The summed E-state index contributed by atoms with van der Waals surface area (Å²) in [5.41, 5.74) is 4.51. The van der Waals surface area contributed by atoms with E-state index in [1.807, 2.05) is 55.5 Å². The number of nitrogens with zero attached hydrogens (tertiary/aromatic N) is 1. The Kier molecular flexibility index (Phi) is 4.01. The van der Waals surface area contributed by atoms with Gasteiger partial charge in [-0.15, -0.1) is 0 Å². The summed E-state index contributed by atoms with van der Waals surface area (Å²) in [5, 5.41) is 0. The van der Waals surface area contributed by atoms with E-state index in [2.05, 4.69) is 4.98 Å². The highest BCUT2D eigenvalue weighted by Gasteiger charge is 2.17. The Hall–Kier alpha value is -2.46. The summed E-state index contributed by atoms with van der Waals surface area (Å²) < 4.78 is 24.3. The summed E-state index contributed by atoms with van der Waals surface area (Å²) in [7, 11) is -3.31. The predicted octanol–water partition coefficient (Wildman–Crippen LogP) is 4.13. The van der Waals surface area contributed by atoms with Crippen LogP contribution in [-0.4, -0.2) is 19.7 Å². The van der Waals surface area contributed by atoms with Gasteiger partial charge in [-0.3, -0.25) is 4.98 Å². The summed E-state index contributed by atoms with van der Waals surface area (Å²) in [6, 6.07) is 18.8. The van der Waals surface area contributed by atoms with Gasteiger partial charge in [-0.05, 0) is 30.2 Å². The van der Waals surface area contributed by atoms with Crippen LogP contribution in [0.1, 0.15) is 5.69 Å². The zero-order valence-corrected chi connectivity index (χ0v) is 13.8. The average Bonchev–Trinajstić information content (AvgIpc) is 2.55. The Balaban J connectivity index is 2.31. The van der Waals surface area contributed by atoms with E-state index in [9.17, 15) is 8.42 Å². The van der Waals surface area contributed by atoms with E-state index < -0.39 is 9.84 Å². The van der Waals surface area contributed by atoms with Crippen LogP contribution >= 0.6 is 0 Å². The first kappa shape index (κ1) is 15.4. The number of rotatable bonds is 3. The summed E-state index contributed by atoms with van der Waals surface area (Å²) in [4.78, 5) is 4.68. The highest BCUT2D eigenvalue weighted by Crippen LogP contribution is 2.36. The molecule has 0 aliphatic rings. The van der Waals surface area contributed by atoms with Gasteiger partial charge in [0.05, 0.1) is 4.90 Å². The van der Waals surface area contributed by atoms with Crippen molar-refractivity contribution in [1.82, 2.24) is 4.98 Å². The molecule has 3 aromatic rings. The fourth-order valence-electron chi connectivity index (χ4n) is 2.73. The van der Waals surface area contributed by atoms with Crippen LogP contribution in [-0.2, 0) is 9.84 Å². The first-order chi connectivity index (χ1) is 11.0. The molecule has 0 unspecified atom stereocenters. The molecule has 0 aliphatic heterocycles. The van der Waals surface area contributed by atoms with Crippen LogP contribution in [0.25, 0.3) is 22.3 Å². The van der Waals surface area contributed by atoms with Crippen molar-refractivity contribution in [2.45, 2.75) is 11.8 Å². The van der Waals surface area contributed by atoms with Crippen molar-refractivity contribution >= 4 is 9.84 Å². The maximum absolute atomic E-state index is 12.1. The third kappa shape index (κ3) is 3.03. The lowest BCUT2D eigenvalue weighted by molar-refractivity contribution is 0.602. The van der Waals surface area contributed by atoms with Crippen LogP contribution in [0.5, 0.6) is 0 Å². The van der Waals surface area contributed by atoms with Crippen molar-refractivity contribution in [2.24, 2.45) is 0 Å². The van der Waals surface area contributed by atoms with E-state index in [0.29, 0.717) is 10.5 Å². The van der Waals surface area contributed by atoms with Gasteiger partial charge in [-0.1, -0.05) is 48.5 Å². The monoisotopic (exact) mass is 323 g/mol. The van der Waals surface area contributed by atoms with Crippen molar-refractivity contribution in [3.8, 4) is 22.3 Å². The summed E-state index contributed by atoms with van der Waals surface area (Å²) in [6.07, 6.45) is 3.00. The minimum atomic E-state index is -3.31. The molecule has 3 rings (SSSR count). The molecule has 1 heterocycles. The Bertz CT molecular complexity index is 962. The van der Waals surface area contributed by atoms with Gasteiger partial charge in [0.1, 0.15) is 0 Å². The number of hydrogen-bond donors (Lipinski definition) is 0. The minimum absolute atomic E-state index is 0.342. The second-order valence-electron chi connectivity index (χ2n) is 5.45. The van der Waals surface area contributed by atoms with Crippen molar-refractivity contribution in [3.05, 3.63) is 72.6 Å². The molecule has 0 aliphatic carbocycles. The molecule has 4 heteroatoms. The number of aryl methyl sites for hydroxylation is 1. The van der Waals surface area contributed by atoms with E-state index in [-0.39, 0.29) is 0 Å². The van der Waals surface area contributed by atoms with Gasteiger partial charge in [0.25, 0.3) is 0 Å². The first-order valence-corrected chi connectivity index (χ1v) is 9.18. The van der Waals surface area contributed by atoms with Gasteiger partial charge in [0.2, 0.25) is 0 Å². The molecule has 0 amide bonds. The highest BCUT2D eigenvalue weighted by atomic mass is 32.2. The third-order valence-corrected chi connectivity index (χ3v) is 4.96. The Morgan fingerprint density at radius 1 is 0.739 bits per heavy atom. The molecule has 0 radical (unpaired) electrons.